The largest absolute Gasteiger partial charge is 0.462 e. The van der Waals surface area contributed by atoms with E-state index in [1.165, 1.54) is 5.57 Å². The summed E-state index contributed by atoms with van der Waals surface area (Å²) in [6, 6.07) is 6.92. The topological polar surface area (TPSA) is 136 Å². The highest BCUT2D eigenvalue weighted by atomic mass is 31.2. The van der Waals surface area contributed by atoms with E-state index in [1.54, 1.807) is 49.1 Å². The van der Waals surface area contributed by atoms with Gasteiger partial charge in [0.2, 0.25) is 12.2 Å². The lowest BCUT2D eigenvalue weighted by atomic mass is 9.65. The van der Waals surface area contributed by atoms with Crippen molar-refractivity contribution < 1.29 is 37.4 Å². The lowest BCUT2D eigenvalue weighted by Gasteiger charge is -2.44. The zero-order valence-electron chi connectivity index (χ0n) is 28.8. The number of nitrogens with zero attached hydrogens (tertiary/aromatic N) is 3. The smallest absolute Gasteiger partial charge is 0.460 e. The van der Waals surface area contributed by atoms with Crippen LogP contribution in [0.1, 0.15) is 90.6 Å². The number of allylic oxidation sites excluding steroid dienone is 3. The Morgan fingerprint density at radius 1 is 1.06 bits per heavy atom. The van der Waals surface area contributed by atoms with Crippen LogP contribution in [0.5, 0.6) is 0 Å². The van der Waals surface area contributed by atoms with E-state index in [9.17, 15) is 14.2 Å². The number of esters is 2. The van der Waals surface area contributed by atoms with Crippen LogP contribution >= 0.6 is 7.75 Å². The second-order valence-electron chi connectivity index (χ2n) is 14.3. The number of hydrogen-bond donors (Lipinski definition) is 0. The number of hydrogen-bond acceptors (Lipinski definition) is 10. The minimum Gasteiger partial charge on any atom is -0.462 e. The number of ether oxygens (including phenoxy) is 3. The maximum absolute atomic E-state index is 14.2. The molecule has 0 amide bonds. The average Bonchev–Trinajstić information content (AvgIpc) is 3.08. The molecule has 2 aromatic heterocycles. The highest BCUT2D eigenvalue weighted by molar-refractivity contribution is 7.52. The molecule has 2 unspecified atom stereocenters. The molecule has 2 aliphatic carbocycles. The van der Waals surface area contributed by atoms with Crippen molar-refractivity contribution in [2.75, 3.05) is 0 Å². The fourth-order valence-corrected chi connectivity index (χ4v) is 8.51. The first-order chi connectivity index (χ1) is 23.4. The van der Waals surface area contributed by atoms with E-state index >= 15 is 0 Å². The predicted octanol–water partition coefficient (Wildman–Crippen LogP) is 7.70. The Balaban J connectivity index is 1.17. The molecule has 1 fully saturated rings. The number of pyridine rings is 2. The summed E-state index contributed by atoms with van der Waals surface area (Å²) in [4.78, 5) is 34.4. The summed E-state index contributed by atoms with van der Waals surface area (Å²) in [5.41, 5.74) is 1.69. The number of fused-ring (bicyclic) bond motifs is 1. The van der Waals surface area contributed by atoms with Gasteiger partial charge < -0.3 is 14.2 Å². The first-order valence-corrected chi connectivity index (χ1v) is 18.8. The Hall–Kier alpha value is -3.66. The number of aromatic nitrogens is 2. The van der Waals surface area contributed by atoms with Gasteiger partial charge in [0.05, 0.1) is 23.5 Å². The van der Waals surface area contributed by atoms with Crippen molar-refractivity contribution in [3.05, 3.63) is 84.0 Å². The molecule has 6 rings (SSSR count). The molecule has 0 N–H and O–H groups in total. The van der Waals surface area contributed by atoms with Crippen molar-refractivity contribution in [3.8, 4) is 0 Å². The van der Waals surface area contributed by atoms with E-state index < -0.39 is 37.6 Å². The molecular formula is C37H46N3O8P. The van der Waals surface area contributed by atoms with Gasteiger partial charge in [-0.1, -0.05) is 39.0 Å². The van der Waals surface area contributed by atoms with E-state index in [2.05, 4.69) is 46.8 Å². The van der Waals surface area contributed by atoms with Crippen LogP contribution in [0.4, 0.5) is 0 Å². The van der Waals surface area contributed by atoms with Crippen molar-refractivity contribution in [1.29, 1.82) is 0 Å². The maximum Gasteiger partial charge on any atom is 0.460 e. The number of cyclic esters (lactones) is 1. The lowest BCUT2D eigenvalue weighted by Crippen LogP contribution is -2.43. The van der Waals surface area contributed by atoms with E-state index in [-0.39, 0.29) is 42.1 Å². The van der Waals surface area contributed by atoms with Gasteiger partial charge in [-0.25, -0.2) is 9.09 Å². The van der Waals surface area contributed by atoms with E-state index in [4.69, 9.17) is 23.3 Å². The molecule has 1 saturated heterocycles. The maximum atomic E-state index is 14.2. The summed E-state index contributed by atoms with van der Waals surface area (Å²) < 4.78 is 48.4. The third kappa shape index (κ3) is 8.22. The van der Waals surface area contributed by atoms with Gasteiger partial charge in [0.1, 0.15) is 12.2 Å². The molecule has 2 aliphatic heterocycles. The minimum absolute atomic E-state index is 0.0512. The van der Waals surface area contributed by atoms with Gasteiger partial charge in [-0.3, -0.25) is 24.1 Å². The van der Waals surface area contributed by atoms with Crippen LogP contribution < -0.4 is 0 Å². The minimum atomic E-state index is -4.16. The molecule has 4 aliphatic rings. The predicted molar refractivity (Wildman–Crippen MR) is 182 cm³/mol. The van der Waals surface area contributed by atoms with Gasteiger partial charge in [0.25, 0.3) is 0 Å². The Morgan fingerprint density at radius 3 is 2.55 bits per heavy atom. The van der Waals surface area contributed by atoms with Gasteiger partial charge in [0, 0.05) is 42.7 Å². The number of carbonyl (C=O) groups excluding carboxylic acids is 2. The lowest BCUT2D eigenvalue weighted by molar-refractivity contribution is -0.166. The molecule has 9 atom stereocenters. The highest BCUT2D eigenvalue weighted by Gasteiger charge is 2.45. The summed E-state index contributed by atoms with van der Waals surface area (Å²) >= 11 is 0. The highest BCUT2D eigenvalue weighted by Crippen LogP contribution is 2.58. The van der Waals surface area contributed by atoms with Gasteiger partial charge in [-0.05, 0) is 87.1 Å². The molecule has 4 heterocycles. The molecule has 11 nitrogen and oxygen atoms in total. The SMILES string of the molecule is CCC(C)(C)C(=O)O[C@H]1C[C@@H](C)C=C2C=C[C@H](C)[C@H](CC[C@H]3C[C@@H](OP4(=O)N=C(c5cccnc5)OC(c5cccnc5)O4)CC(=O)O3)[C@H]21. The van der Waals surface area contributed by atoms with Crippen molar-refractivity contribution in [2.24, 2.45) is 33.8 Å². The van der Waals surface area contributed by atoms with Gasteiger partial charge in [-0.15, -0.1) is 4.76 Å². The first-order valence-electron chi connectivity index (χ1n) is 17.3. The molecule has 2 aromatic rings. The average molecular weight is 692 g/mol. The summed E-state index contributed by atoms with van der Waals surface area (Å²) in [7, 11) is -4.16. The Morgan fingerprint density at radius 2 is 1.84 bits per heavy atom. The van der Waals surface area contributed by atoms with Crippen LogP contribution in [0.15, 0.2) is 77.6 Å². The van der Waals surface area contributed by atoms with E-state index in [0.29, 0.717) is 36.3 Å². The molecule has 49 heavy (non-hydrogen) atoms. The molecule has 0 radical (unpaired) electrons. The second kappa shape index (κ2) is 14.7. The van der Waals surface area contributed by atoms with Crippen LogP contribution in [-0.2, 0) is 37.4 Å². The Bertz CT molecular complexity index is 1650. The third-order valence-corrected chi connectivity index (χ3v) is 11.6. The fourth-order valence-electron chi connectivity index (χ4n) is 7.04. The van der Waals surface area contributed by atoms with Crippen LogP contribution in [0.3, 0.4) is 0 Å². The molecule has 0 saturated carbocycles. The summed E-state index contributed by atoms with van der Waals surface area (Å²) in [6.45, 7) is 10.2. The van der Waals surface area contributed by atoms with E-state index in [0.717, 1.165) is 12.8 Å². The number of carbonyl (C=O) groups is 2. The number of rotatable bonds is 10. The van der Waals surface area contributed by atoms with Gasteiger partial charge in [0.15, 0.2) is 0 Å². The Labute approximate surface area is 288 Å². The molecule has 262 valence electrons. The monoisotopic (exact) mass is 691 g/mol. The second-order valence-corrected chi connectivity index (χ2v) is 15.8. The zero-order valence-corrected chi connectivity index (χ0v) is 29.7. The van der Waals surface area contributed by atoms with Crippen LogP contribution in [0.25, 0.3) is 0 Å². The van der Waals surface area contributed by atoms with Crippen molar-refractivity contribution in [2.45, 2.75) is 97.7 Å². The quantitative estimate of drug-likeness (QED) is 0.180. The van der Waals surface area contributed by atoms with Crippen LogP contribution in [0, 0.1) is 29.1 Å². The molecule has 0 spiro atoms. The zero-order chi connectivity index (χ0) is 34.8. The fraction of sp³-hybridized carbons (Fsp3) is 0.541. The van der Waals surface area contributed by atoms with Crippen LogP contribution in [0.2, 0.25) is 0 Å². The van der Waals surface area contributed by atoms with Crippen molar-refractivity contribution >= 4 is 25.6 Å². The molecule has 0 bridgehead atoms. The molecular weight excluding hydrogens is 645 g/mol. The summed E-state index contributed by atoms with van der Waals surface area (Å²) in [5, 5.41) is 0. The van der Waals surface area contributed by atoms with Gasteiger partial charge in [-0.2, -0.15) is 0 Å². The van der Waals surface area contributed by atoms with Crippen molar-refractivity contribution in [3.63, 3.8) is 0 Å². The van der Waals surface area contributed by atoms with Crippen molar-refractivity contribution in [1.82, 2.24) is 9.97 Å². The van der Waals surface area contributed by atoms with Gasteiger partial charge >= 0.3 is 19.7 Å². The summed E-state index contributed by atoms with van der Waals surface area (Å²) in [6.07, 6.45) is 13.5. The first kappa shape index (κ1) is 35.2. The van der Waals surface area contributed by atoms with E-state index in [1.807, 2.05) is 20.8 Å². The normalized spacial score (nSPS) is 33.0. The Kier molecular flexibility index (Phi) is 10.5. The molecule has 12 heteroatoms. The molecule has 0 aromatic carbocycles. The standard InChI is InChI=1S/C37H46N3O8P/c1-6-37(4,5)36(42)45-31-18-23(2)17-25-12-11-24(3)30(33(25)31)14-13-28-19-29(20-32(41)44-28)47-49(43)40-34(26-9-7-15-38-21-26)46-35(48-49)27-10-8-16-39-22-27/h7-12,15-17,21-24,28-31,33,35H,6,13-14,18-20H2,1-5H3/t23-,24-,28-,29+,30-,31-,33-,35?,49?/m0/s1. The third-order valence-electron chi connectivity index (χ3n) is 10.1. The summed E-state index contributed by atoms with van der Waals surface area (Å²) in [5.74, 6) is 0.219. The van der Waals surface area contributed by atoms with Crippen LogP contribution in [-0.4, -0.2) is 46.1 Å².